The second kappa shape index (κ2) is 6.02. The molecule has 1 atom stereocenters. The zero-order valence-electron chi connectivity index (χ0n) is 10.8. The van der Waals surface area contributed by atoms with E-state index < -0.39 is 0 Å². The number of hydrogen-bond acceptors (Lipinski definition) is 2. The van der Waals surface area contributed by atoms with Crippen LogP contribution in [0.3, 0.4) is 0 Å². The maximum absolute atomic E-state index is 5.74. The van der Waals surface area contributed by atoms with Gasteiger partial charge in [0, 0.05) is 12.6 Å². The fourth-order valence-electron chi connectivity index (χ4n) is 3.41. The van der Waals surface area contributed by atoms with Gasteiger partial charge in [-0.25, -0.2) is 0 Å². The second-order valence-electron chi connectivity index (χ2n) is 5.96. The first-order chi connectivity index (χ1) is 7.79. The molecule has 2 nitrogen and oxygen atoms in total. The molecule has 2 fully saturated rings. The molecule has 1 aliphatic heterocycles. The maximum atomic E-state index is 5.74. The molecule has 0 bridgehead atoms. The maximum Gasteiger partial charge on any atom is 0.00670 e. The standard InChI is InChI=1S/C14H28N2/c1-12-4-2-3-9-16(12)11-14-7-5-13(10-15)6-8-14/h12-14H,2-11,15H2,1H3. The summed E-state index contributed by atoms with van der Waals surface area (Å²) < 4.78 is 0. The molecule has 1 saturated heterocycles. The highest BCUT2D eigenvalue weighted by Crippen LogP contribution is 2.30. The predicted octanol–water partition coefficient (Wildman–Crippen LogP) is 2.63. The molecule has 2 aliphatic rings. The molecule has 0 aromatic carbocycles. The Bertz CT molecular complexity index is 197. The third-order valence-corrected chi connectivity index (χ3v) is 4.73. The van der Waals surface area contributed by atoms with Gasteiger partial charge in [0.15, 0.2) is 0 Å². The van der Waals surface area contributed by atoms with Crippen LogP contribution in [0.4, 0.5) is 0 Å². The van der Waals surface area contributed by atoms with E-state index in [2.05, 4.69) is 11.8 Å². The van der Waals surface area contributed by atoms with E-state index in [4.69, 9.17) is 5.73 Å². The van der Waals surface area contributed by atoms with E-state index >= 15 is 0 Å². The third-order valence-electron chi connectivity index (χ3n) is 4.73. The Kier molecular flexibility index (Phi) is 4.66. The van der Waals surface area contributed by atoms with Crippen molar-refractivity contribution in [2.45, 2.75) is 57.9 Å². The SMILES string of the molecule is CC1CCCCN1CC1CCC(CN)CC1. The summed E-state index contributed by atoms with van der Waals surface area (Å²) in [6.07, 6.45) is 9.88. The van der Waals surface area contributed by atoms with Crippen molar-refractivity contribution in [1.29, 1.82) is 0 Å². The van der Waals surface area contributed by atoms with Crippen LogP contribution in [0.5, 0.6) is 0 Å². The van der Waals surface area contributed by atoms with Gasteiger partial charge in [0.25, 0.3) is 0 Å². The van der Waals surface area contributed by atoms with Gasteiger partial charge in [0.1, 0.15) is 0 Å². The Labute approximate surface area is 101 Å². The number of nitrogens with two attached hydrogens (primary N) is 1. The Hall–Kier alpha value is -0.0800. The number of rotatable bonds is 3. The van der Waals surface area contributed by atoms with Crippen molar-refractivity contribution in [1.82, 2.24) is 4.90 Å². The number of likely N-dealkylation sites (tertiary alicyclic amines) is 1. The molecular formula is C14H28N2. The molecule has 0 aromatic heterocycles. The van der Waals surface area contributed by atoms with E-state index in [1.165, 1.54) is 58.0 Å². The normalized spacial score (nSPS) is 37.5. The monoisotopic (exact) mass is 224 g/mol. The van der Waals surface area contributed by atoms with Crippen LogP contribution in [-0.2, 0) is 0 Å². The number of hydrogen-bond donors (Lipinski definition) is 1. The first kappa shape index (κ1) is 12.4. The molecule has 94 valence electrons. The summed E-state index contributed by atoms with van der Waals surface area (Å²) in [4.78, 5) is 2.73. The lowest BCUT2D eigenvalue weighted by molar-refractivity contribution is 0.116. The first-order valence-corrected chi connectivity index (χ1v) is 7.23. The van der Waals surface area contributed by atoms with Crippen LogP contribution in [0.15, 0.2) is 0 Å². The van der Waals surface area contributed by atoms with Gasteiger partial charge in [0.2, 0.25) is 0 Å². The summed E-state index contributed by atoms with van der Waals surface area (Å²) in [5, 5.41) is 0. The van der Waals surface area contributed by atoms with Crippen LogP contribution >= 0.6 is 0 Å². The van der Waals surface area contributed by atoms with E-state index in [1.807, 2.05) is 0 Å². The Balaban J connectivity index is 1.73. The van der Waals surface area contributed by atoms with Crippen LogP contribution < -0.4 is 5.73 Å². The van der Waals surface area contributed by atoms with Gasteiger partial charge in [-0.1, -0.05) is 6.42 Å². The van der Waals surface area contributed by atoms with E-state index in [1.54, 1.807) is 0 Å². The molecule has 0 spiro atoms. The van der Waals surface area contributed by atoms with Gasteiger partial charge in [-0.2, -0.15) is 0 Å². The summed E-state index contributed by atoms with van der Waals surface area (Å²) in [6.45, 7) is 6.02. The van der Waals surface area contributed by atoms with Crippen molar-refractivity contribution in [3.8, 4) is 0 Å². The van der Waals surface area contributed by atoms with Gasteiger partial charge in [-0.15, -0.1) is 0 Å². The van der Waals surface area contributed by atoms with Crippen LogP contribution in [0.1, 0.15) is 51.9 Å². The van der Waals surface area contributed by atoms with Gasteiger partial charge < -0.3 is 10.6 Å². The molecule has 1 aliphatic carbocycles. The van der Waals surface area contributed by atoms with Crippen LogP contribution in [0, 0.1) is 11.8 Å². The zero-order valence-corrected chi connectivity index (χ0v) is 10.8. The van der Waals surface area contributed by atoms with Gasteiger partial charge in [-0.3, -0.25) is 0 Å². The van der Waals surface area contributed by atoms with E-state index in [-0.39, 0.29) is 0 Å². The quantitative estimate of drug-likeness (QED) is 0.798. The van der Waals surface area contributed by atoms with Crippen molar-refractivity contribution in [3.63, 3.8) is 0 Å². The Morgan fingerprint density at radius 3 is 2.31 bits per heavy atom. The summed E-state index contributed by atoms with van der Waals surface area (Å²) in [6, 6.07) is 0.834. The van der Waals surface area contributed by atoms with Crippen molar-refractivity contribution in [2.24, 2.45) is 17.6 Å². The fourth-order valence-corrected chi connectivity index (χ4v) is 3.41. The minimum atomic E-state index is 0.829. The second-order valence-corrected chi connectivity index (χ2v) is 5.96. The summed E-state index contributed by atoms with van der Waals surface area (Å²) >= 11 is 0. The lowest BCUT2D eigenvalue weighted by atomic mass is 9.81. The van der Waals surface area contributed by atoms with Crippen molar-refractivity contribution in [2.75, 3.05) is 19.6 Å². The van der Waals surface area contributed by atoms with Gasteiger partial charge in [0.05, 0.1) is 0 Å². The average molecular weight is 224 g/mol. The highest BCUT2D eigenvalue weighted by atomic mass is 15.2. The molecule has 2 heteroatoms. The summed E-state index contributed by atoms with van der Waals surface area (Å²) in [7, 11) is 0. The highest BCUT2D eigenvalue weighted by molar-refractivity contribution is 4.79. The first-order valence-electron chi connectivity index (χ1n) is 7.23. The van der Waals surface area contributed by atoms with E-state index in [0.29, 0.717) is 0 Å². The largest absolute Gasteiger partial charge is 0.330 e. The number of nitrogens with zero attached hydrogens (tertiary/aromatic N) is 1. The minimum absolute atomic E-state index is 0.829. The molecule has 0 radical (unpaired) electrons. The molecule has 1 unspecified atom stereocenters. The van der Waals surface area contributed by atoms with E-state index in [0.717, 1.165) is 24.4 Å². The fraction of sp³-hybridized carbons (Fsp3) is 1.00. The molecule has 1 heterocycles. The molecule has 0 amide bonds. The lowest BCUT2D eigenvalue weighted by Crippen LogP contribution is -2.41. The topological polar surface area (TPSA) is 29.3 Å². The lowest BCUT2D eigenvalue weighted by Gasteiger charge is -2.38. The summed E-state index contributed by atoms with van der Waals surface area (Å²) in [5.74, 6) is 1.79. The molecule has 1 saturated carbocycles. The predicted molar refractivity (Wildman–Crippen MR) is 69.4 cm³/mol. The Morgan fingerprint density at radius 2 is 1.69 bits per heavy atom. The van der Waals surface area contributed by atoms with E-state index in [9.17, 15) is 0 Å². The molecule has 2 rings (SSSR count). The average Bonchev–Trinajstić information content (AvgIpc) is 2.33. The molecular weight excluding hydrogens is 196 g/mol. The van der Waals surface area contributed by atoms with Crippen LogP contribution in [-0.4, -0.2) is 30.6 Å². The Morgan fingerprint density at radius 1 is 1.00 bits per heavy atom. The highest BCUT2D eigenvalue weighted by Gasteiger charge is 2.25. The molecule has 16 heavy (non-hydrogen) atoms. The molecule has 2 N–H and O–H groups in total. The third kappa shape index (κ3) is 3.21. The molecule has 0 aromatic rings. The van der Waals surface area contributed by atoms with Crippen LogP contribution in [0.2, 0.25) is 0 Å². The zero-order chi connectivity index (χ0) is 11.4. The van der Waals surface area contributed by atoms with Crippen molar-refractivity contribution >= 4 is 0 Å². The smallest absolute Gasteiger partial charge is 0.00670 e. The number of piperidine rings is 1. The minimum Gasteiger partial charge on any atom is -0.330 e. The van der Waals surface area contributed by atoms with Crippen molar-refractivity contribution in [3.05, 3.63) is 0 Å². The van der Waals surface area contributed by atoms with Crippen molar-refractivity contribution < 1.29 is 0 Å². The van der Waals surface area contributed by atoms with Crippen LogP contribution in [0.25, 0.3) is 0 Å². The van der Waals surface area contributed by atoms with Gasteiger partial charge in [-0.05, 0) is 70.4 Å². The summed E-state index contributed by atoms with van der Waals surface area (Å²) in [5.41, 5.74) is 5.74. The van der Waals surface area contributed by atoms with Gasteiger partial charge >= 0.3 is 0 Å².